The molecule has 0 amide bonds. The monoisotopic (exact) mass is 278 g/mol. The van der Waals surface area contributed by atoms with Crippen LogP contribution in [0.25, 0.3) is 0 Å². The van der Waals surface area contributed by atoms with Gasteiger partial charge >= 0.3 is 0 Å². The van der Waals surface area contributed by atoms with Crippen molar-refractivity contribution in [3.8, 4) is 0 Å². The maximum atomic E-state index is 12.8. The Morgan fingerprint density at radius 2 is 1.84 bits per heavy atom. The van der Waals surface area contributed by atoms with Gasteiger partial charge in [-0.25, -0.2) is 9.37 Å². The van der Waals surface area contributed by atoms with Crippen molar-refractivity contribution in [2.45, 2.75) is 39.3 Å². The Morgan fingerprint density at radius 3 is 2.42 bits per heavy atom. The maximum Gasteiger partial charge on any atom is 0.123 e. The average Bonchev–Trinajstić information content (AvgIpc) is 2.80. The lowest BCUT2D eigenvalue weighted by molar-refractivity contribution is 0.585. The number of thiazole rings is 1. The van der Waals surface area contributed by atoms with E-state index >= 15 is 0 Å². The van der Waals surface area contributed by atoms with Crippen LogP contribution in [-0.4, -0.2) is 4.98 Å². The SMILES string of the molecule is CC(C)(C)c1ncc(CNCc2ccc(F)cc2)s1. The molecular weight excluding hydrogens is 259 g/mol. The fourth-order valence-corrected chi connectivity index (χ4v) is 2.61. The van der Waals surface area contributed by atoms with Crippen LogP contribution in [0.3, 0.4) is 0 Å². The van der Waals surface area contributed by atoms with Crippen molar-refractivity contribution in [2.75, 3.05) is 0 Å². The third-order valence-corrected chi connectivity index (χ3v) is 4.16. The molecule has 0 radical (unpaired) electrons. The van der Waals surface area contributed by atoms with Gasteiger partial charge in [0.2, 0.25) is 0 Å². The second kappa shape index (κ2) is 5.80. The highest BCUT2D eigenvalue weighted by Gasteiger charge is 2.17. The molecule has 0 aliphatic heterocycles. The number of hydrogen-bond acceptors (Lipinski definition) is 3. The van der Waals surface area contributed by atoms with Crippen molar-refractivity contribution in [2.24, 2.45) is 0 Å². The van der Waals surface area contributed by atoms with E-state index in [9.17, 15) is 4.39 Å². The normalized spacial score (nSPS) is 11.8. The highest BCUT2D eigenvalue weighted by molar-refractivity contribution is 7.11. The van der Waals surface area contributed by atoms with Gasteiger partial charge in [0.15, 0.2) is 0 Å². The molecule has 2 nitrogen and oxygen atoms in total. The summed E-state index contributed by atoms with van der Waals surface area (Å²) in [4.78, 5) is 5.68. The molecule has 1 N–H and O–H groups in total. The van der Waals surface area contributed by atoms with E-state index in [2.05, 4.69) is 31.1 Å². The molecule has 19 heavy (non-hydrogen) atoms. The van der Waals surface area contributed by atoms with E-state index in [4.69, 9.17) is 0 Å². The van der Waals surface area contributed by atoms with Crippen LogP contribution in [0, 0.1) is 5.82 Å². The summed E-state index contributed by atoms with van der Waals surface area (Å²) in [6.07, 6.45) is 1.93. The van der Waals surface area contributed by atoms with Gasteiger partial charge in [-0.2, -0.15) is 0 Å². The van der Waals surface area contributed by atoms with Gasteiger partial charge in [-0.15, -0.1) is 11.3 Å². The third-order valence-electron chi connectivity index (χ3n) is 2.74. The lowest BCUT2D eigenvalue weighted by Crippen LogP contribution is -2.11. The molecule has 0 saturated carbocycles. The van der Waals surface area contributed by atoms with E-state index < -0.39 is 0 Å². The van der Waals surface area contributed by atoms with E-state index in [0.717, 1.165) is 23.7 Å². The van der Waals surface area contributed by atoms with E-state index in [-0.39, 0.29) is 11.2 Å². The third kappa shape index (κ3) is 4.11. The minimum Gasteiger partial charge on any atom is -0.308 e. The standard InChI is InChI=1S/C15H19FN2S/c1-15(2,3)14-18-10-13(19-14)9-17-8-11-4-6-12(16)7-5-11/h4-7,10,17H,8-9H2,1-3H3. The van der Waals surface area contributed by atoms with Gasteiger partial charge in [-0.3, -0.25) is 0 Å². The number of benzene rings is 1. The van der Waals surface area contributed by atoms with Gasteiger partial charge in [-0.1, -0.05) is 32.9 Å². The number of halogens is 1. The zero-order chi connectivity index (χ0) is 13.9. The summed E-state index contributed by atoms with van der Waals surface area (Å²) >= 11 is 1.74. The quantitative estimate of drug-likeness (QED) is 0.918. The van der Waals surface area contributed by atoms with E-state index in [0.29, 0.717) is 0 Å². The summed E-state index contributed by atoms with van der Waals surface area (Å²) in [7, 11) is 0. The van der Waals surface area contributed by atoms with E-state index in [1.165, 1.54) is 17.0 Å². The molecule has 0 aliphatic rings. The molecule has 0 aliphatic carbocycles. The summed E-state index contributed by atoms with van der Waals surface area (Å²) in [5.41, 5.74) is 1.20. The largest absolute Gasteiger partial charge is 0.308 e. The Hall–Kier alpha value is -1.26. The smallest absolute Gasteiger partial charge is 0.123 e. The molecule has 1 aromatic heterocycles. The molecule has 1 aromatic carbocycles. The Balaban J connectivity index is 1.86. The van der Waals surface area contributed by atoms with Crippen molar-refractivity contribution >= 4 is 11.3 Å². The van der Waals surface area contributed by atoms with Crippen LogP contribution in [0.4, 0.5) is 4.39 Å². The first kappa shape index (κ1) is 14.2. The van der Waals surface area contributed by atoms with Crippen LogP contribution >= 0.6 is 11.3 Å². The molecule has 2 aromatic rings. The fourth-order valence-electron chi connectivity index (χ4n) is 1.67. The number of hydrogen-bond donors (Lipinski definition) is 1. The lowest BCUT2D eigenvalue weighted by Gasteiger charge is -2.13. The molecule has 0 fully saturated rings. The first-order valence-electron chi connectivity index (χ1n) is 6.35. The van der Waals surface area contributed by atoms with Crippen LogP contribution in [0.2, 0.25) is 0 Å². The van der Waals surface area contributed by atoms with E-state index in [1.807, 2.05) is 6.20 Å². The highest BCUT2D eigenvalue weighted by Crippen LogP contribution is 2.26. The van der Waals surface area contributed by atoms with E-state index in [1.54, 1.807) is 23.5 Å². The Bertz CT molecular complexity index is 526. The van der Waals surface area contributed by atoms with Crippen LogP contribution in [0.15, 0.2) is 30.5 Å². The molecular formula is C15H19FN2S. The topological polar surface area (TPSA) is 24.9 Å². The first-order valence-corrected chi connectivity index (χ1v) is 7.17. The first-order chi connectivity index (χ1) is 8.95. The van der Waals surface area contributed by atoms with Gasteiger partial charge in [0.25, 0.3) is 0 Å². The summed E-state index contributed by atoms with van der Waals surface area (Å²) in [5.74, 6) is -0.193. The zero-order valence-electron chi connectivity index (χ0n) is 11.5. The predicted molar refractivity (Wildman–Crippen MR) is 77.8 cm³/mol. The van der Waals surface area contributed by atoms with Crippen LogP contribution in [-0.2, 0) is 18.5 Å². The number of rotatable bonds is 4. The van der Waals surface area contributed by atoms with Gasteiger partial charge in [-0.05, 0) is 17.7 Å². The van der Waals surface area contributed by atoms with Crippen molar-refractivity contribution in [1.82, 2.24) is 10.3 Å². The number of nitrogens with one attached hydrogen (secondary N) is 1. The zero-order valence-corrected chi connectivity index (χ0v) is 12.4. The maximum absolute atomic E-state index is 12.8. The Kier molecular flexibility index (Phi) is 4.32. The molecule has 0 saturated heterocycles. The summed E-state index contributed by atoms with van der Waals surface area (Å²) in [6.45, 7) is 8.04. The molecule has 0 unspecified atom stereocenters. The predicted octanol–water partition coefficient (Wildman–Crippen LogP) is 3.87. The summed E-state index contributed by atoms with van der Waals surface area (Å²) in [5, 5.41) is 4.51. The molecule has 0 spiro atoms. The van der Waals surface area contributed by atoms with Gasteiger partial charge < -0.3 is 5.32 Å². The van der Waals surface area contributed by atoms with Crippen molar-refractivity contribution in [3.05, 3.63) is 51.7 Å². The highest BCUT2D eigenvalue weighted by atomic mass is 32.1. The number of nitrogens with zero attached hydrogens (tertiary/aromatic N) is 1. The lowest BCUT2D eigenvalue weighted by atomic mass is 9.98. The van der Waals surface area contributed by atoms with Gasteiger partial charge in [0, 0.05) is 29.6 Å². The van der Waals surface area contributed by atoms with Crippen molar-refractivity contribution < 1.29 is 4.39 Å². The van der Waals surface area contributed by atoms with Crippen LogP contribution < -0.4 is 5.32 Å². The molecule has 4 heteroatoms. The molecule has 1 heterocycles. The van der Waals surface area contributed by atoms with Crippen molar-refractivity contribution in [1.29, 1.82) is 0 Å². The van der Waals surface area contributed by atoms with Gasteiger partial charge in [0.05, 0.1) is 5.01 Å². The molecule has 2 rings (SSSR count). The summed E-state index contributed by atoms with van der Waals surface area (Å²) < 4.78 is 12.8. The second-order valence-corrected chi connectivity index (χ2v) is 6.73. The number of aromatic nitrogens is 1. The Labute approximate surface area is 117 Å². The van der Waals surface area contributed by atoms with Crippen LogP contribution in [0.1, 0.15) is 36.2 Å². The minimum atomic E-state index is -0.193. The molecule has 0 atom stereocenters. The second-order valence-electron chi connectivity index (χ2n) is 5.61. The van der Waals surface area contributed by atoms with Gasteiger partial charge in [0.1, 0.15) is 5.82 Å². The average molecular weight is 278 g/mol. The minimum absolute atomic E-state index is 0.111. The molecule has 102 valence electrons. The summed E-state index contributed by atoms with van der Waals surface area (Å²) in [6, 6.07) is 6.58. The fraction of sp³-hybridized carbons (Fsp3) is 0.400. The Morgan fingerprint density at radius 1 is 1.16 bits per heavy atom. The molecule has 0 bridgehead atoms. The van der Waals surface area contributed by atoms with Crippen molar-refractivity contribution in [3.63, 3.8) is 0 Å². The van der Waals surface area contributed by atoms with Crippen LogP contribution in [0.5, 0.6) is 0 Å².